The molecule has 0 spiro atoms. The molecule has 1 radical (unpaired) electrons. The van der Waals surface area contributed by atoms with Crippen molar-refractivity contribution < 1.29 is 39.6 Å². The van der Waals surface area contributed by atoms with Gasteiger partial charge in [-0.1, -0.05) is 13.8 Å². The van der Waals surface area contributed by atoms with Gasteiger partial charge in [0.05, 0.1) is 23.6 Å². The summed E-state index contributed by atoms with van der Waals surface area (Å²) in [6.07, 6.45) is 2.60. The van der Waals surface area contributed by atoms with Gasteiger partial charge in [0.2, 0.25) is 0 Å². The van der Waals surface area contributed by atoms with Gasteiger partial charge in [-0.05, 0) is 24.5 Å². The summed E-state index contributed by atoms with van der Waals surface area (Å²) in [6, 6.07) is 0. The molecule has 1 unspecified atom stereocenters. The second-order valence-corrected chi connectivity index (χ2v) is 4.02. The van der Waals surface area contributed by atoms with Crippen LogP contribution in [0.3, 0.4) is 0 Å². The van der Waals surface area contributed by atoms with Crippen LogP contribution < -0.4 is 0 Å². The number of imide groups is 2. The Balaban J connectivity index is 0.000000321. The summed E-state index contributed by atoms with van der Waals surface area (Å²) < 4.78 is 0. The second kappa shape index (κ2) is 7.19. The van der Waals surface area contributed by atoms with E-state index in [0.717, 1.165) is 12.2 Å². The molecule has 1 fully saturated rings. The van der Waals surface area contributed by atoms with Crippen LogP contribution in [0.25, 0.3) is 10.6 Å². The Morgan fingerprint density at radius 1 is 1.06 bits per heavy atom. The molecule has 99 valence electrons. The summed E-state index contributed by atoms with van der Waals surface area (Å²) in [5.41, 5.74) is 0. The minimum Gasteiger partial charge on any atom is -0.596 e. The Kier molecular flexibility index (Phi) is 6.66. The average Bonchev–Trinajstić information content (AvgIpc) is 2.73. The zero-order valence-corrected chi connectivity index (χ0v) is 12.6. The molecule has 4 amide bonds. The molecule has 0 N–H and O–H groups in total. The predicted octanol–water partition coefficient (Wildman–Crippen LogP) is 1.07. The van der Waals surface area contributed by atoms with Crippen LogP contribution in [-0.4, -0.2) is 23.6 Å². The van der Waals surface area contributed by atoms with Gasteiger partial charge in [0.15, 0.2) is 0 Å². The minimum absolute atomic E-state index is 0. The van der Waals surface area contributed by atoms with Crippen LogP contribution >= 0.6 is 0 Å². The van der Waals surface area contributed by atoms with Crippen LogP contribution in [0.5, 0.6) is 0 Å². The van der Waals surface area contributed by atoms with Crippen molar-refractivity contribution in [1.29, 1.82) is 0 Å². The van der Waals surface area contributed by atoms with E-state index in [9.17, 15) is 19.2 Å². The average molecular weight is 422 g/mol. The van der Waals surface area contributed by atoms with Crippen LogP contribution in [0.15, 0.2) is 12.2 Å². The van der Waals surface area contributed by atoms with E-state index >= 15 is 0 Å². The summed E-state index contributed by atoms with van der Waals surface area (Å²) in [5.74, 6) is -1.31. The maximum absolute atomic E-state index is 10.8. The Morgan fingerprint density at radius 3 is 1.72 bits per heavy atom. The van der Waals surface area contributed by atoms with Gasteiger partial charge < -0.3 is 29.8 Å². The van der Waals surface area contributed by atoms with Crippen LogP contribution in [0.2, 0.25) is 0 Å². The number of carbonyl (C=O) groups excluding carboxylic acids is 4. The van der Waals surface area contributed by atoms with Crippen molar-refractivity contribution in [3.63, 3.8) is 0 Å². The summed E-state index contributed by atoms with van der Waals surface area (Å²) in [6.45, 7) is 3.85. The largest absolute Gasteiger partial charge is 0.596 e. The molecule has 0 saturated carbocycles. The molecule has 0 aromatic heterocycles. The first kappa shape index (κ1) is 16.7. The van der Waals surface area contributed by atoms with Gasteiger partial charge in [0.1, 0.15) is 0 Å². The van der Waals surface area contributed by atoms with Crippen molar-refractivity contribution in [2.45, 2.75) is 20.3 Å². The van der Waals surface area contributed by atoms with Gasteiger partial charge in [0, 0.05) is 26.3 Å². The fourth-order valence-corrected chi connectivity index (χ4v) is 1.37. The number of rotatable bonds is 1. The first-order valence-electron chi connectivity index (χ1n) is 5.16. The Labute approximate surface area is 118 Å². The first-order chi connectivity index (χ1) is 7.90. The molecule has 6 nitrogen and oxygen atoms in total. The van der Waals surface area contributed by atoms with E-state index in [0.29, 0.717) is 6.42 Å². The van der Waals surface area contributed by atoms with Gasteiger partial charge in [-0.25, -0.2) is 0 Å². The van der Waals surface area contributed by atoms with Gasteiger partial charge >= 0.3 is 0 Å². The van der Waals surface area contributed by atoms with E-state index in [1.807, 2.05) is 13.8 Å². The summed E-state index contributed by atoms with van der Waals surface area (Å²) in [7, 11) is 0. The molecular formula is C11H12N2O4Re-2. The third-order valence-corrected chi connectivity index (χ3v) is 2.34. The Morgan fingerprint density at radius 2 is 1.56 bits per heavy atom. The normalized spacial score (nSPS) is 21.2. The number of amides is 4. The number of carbonyl (C=O) groups is 4. The smallest absolute Gasteiger partial charge is 0.0803 e. The van der Waals surface area contributed by atoms with E-state index in [-0.39, 0.29) is 44.1 Å². The van der Waals surface area contributed by atoms with E-state index < -0.39 is 11.8 Å². The summed E-state index contributed by atoms with van der Waals surface area (Å²) in [4.78, 5) is 41.4. The fourth-order valence-electron chi connectivity index (χ4n) is 1.37. The van der Waals surface area contributed by atoms with Crippen LogP contribution in [0.1, 0.15) is 20.3 Å². The van der Waals surface area contributed by atoms with Crippen molar-refractivity contribution in [3.8, 4) is 0 Å². The van der Waals surface area contributed by atoms with Gasteiger partial charge in [0.25, 0.3) is 0 Å². The molecule has 7 heteroatoms. The molecule has 1 saturated heterocycles. The number of hydrogen-bond acceptors (Lipinski definition) is 4. The van der Waals surface area contributed by atoms with Crippen molar-refractivity contribution in [2.75, 3.05) is 0 Å². The maximum Gasteiger partial charge on any atom is 0.0803 e. The second-order valence-electron chi connectivity index (χ2n) is 4.02. The van der Waals surface area contributed by atoms with Crippen molar-refractivity contribution in [2.24, 2.45) is 11.8 Å². The Bertz CT molecular complexity index is 388. The molecule has 18 heavy (non-hydrogen) atoms. The molecule has 0 aromatic carbocycles. The molecule has 2 aliphatic heterocycles. The van der Waals surface area contributed by atoms with Crippen molar-refractivity contribution in [3.05, 3.63) is 22.8 Å². The molecule has 1 atom stereocenters. The van der Waals surface area contributed by atoms with E-state index in [1.54, 1.807) is 0 Å². The molecule has 0 aromatic rings. The van der Waals surface area contributed by atoms with E-state index in [2.05, 4.69) is 10.6 Å². The quantitative estimate of drug-likeness (QED) is 0.591. The first-order valence-corrected chi connectivity index (χ1v) is 5.16. The van der Waals surface area contributed by atoms with Crippen molar-refractivity contribution >= 4 is 23.6 Å². The van der Waals surface area contributed by atoms with Gasteiger partial charge in [-0.3, -0.25) is 0 Å². The molecule has 2 rings (SSSR count). The van der Waals surface area contributed by atoms with E-state index in [4.69, 9.17) is 0 Å². The maximum atomic E-state index is 10.8. The van der Waals surface area contributed by atoms with Crippen LogP contribution in [-0.2, 0) is 39.6 Å². The zero-order chi connectivity index (χ0) is 13.0. The molecular weight excluding hydrogens is 410 g/mol. The molecule has 2 aliphatic rings. The minimum atomic E-state index is -0.454. The third-order valence-electron chi connectivity index (χ3n) is 2.34. The summed E-state index contributed by atoms with van der Waals surface area (Å²) >= 11 is 0. The standard InChI is InChI=1S/C7H11NO2.C4H3NO2.Re/c1-4(2)5-3-6(9)8-7(5)10;6-3-1-2-4(7)5-3;/h4-5H,3H2,1-2H3,(H,8,9,10);1-2H,(H,5,6,7);/p-2. The molecule has 0 bridgehead atoms. The van der Waals surface area contributed by atoms with E-state index in [1.165, 1.54) is 0 Å². The molecule has 0 aliphatic carbocycles. The predicted molar refractivity (Wildman–Crippen MR) is 58.8 cm³/mol. The van der Waals surface area contributed by atoms with Gasteiger partial charge in [-0.2, -0.15) is 0 Å². The Hall–Kier alpha value is -1.32. The SMILES string of the molecule is CC(C)C1CC(=O)[N-]C1=O.O=C1C=CC(=O)[N-]1.[Re]. The third kappa shape index (κ3) is 4.90. The zero-order valence-electron chi connectivity index (χ0n) is 9.92. The van der Waals surface area contributed by atoms with Crippen molar-refractivity contribution in [1.82, 2.24) is 0 Å². The fraction of sp³-hybridized carbons (Fsp3) is 0.455. The topological polar surface area (TPSA) is 96.5 Å². The van der Waals surface area contributed by atoms with Crippen LogP contribution in [0.4, 0.5) is 0 Å². The number of nitrogens with zero attached hydrogens (tertiary/aromatic N) is 2. The molecule has 2 heterocycles. The van der Waals surface area contributed by atoms with Crippen LogP contribution in [0, 0.1) is 11.8 Å². The number of hydrogen-bond donors (Lipinski definition) is 0. The summed E-state index contributed by atoms with van der Waals surface area (Å²) in [5, 5.41) is 6.31. The van der Waals surface area contributed by atoms with Gasteiger partial charge in [-0.15, -0.1) is 0 Å². The monoisotopic (exact) mass is 423 g/mol.